The van der Waals surface area contributed by atoms with Gasteiger partial charge in [-0.25, -0.2) is 19.9 Å². The summed E-state index contributed by atoms with van der Waals surface area (Å²) < 4.78 is 4.25. The van der Waals surface area contributed by atoms with Crippen molar-refractivity contribution in [3.8, 4) is 11.6 Å². The highest BCUT2D eigenvalue weighted by Crippen LogP contribution is 2.26. The van der Waals surface area contributed by atoms with Crippen LogP contribution in [-0.2, 0) is 12.8 Å². The molecule has 220 valence electrons. The molecule has 43 heavy (non-hydrogen) atoms. The average Bonchev–Trinajstić information content (AvgIpc) is 3.55. The second-order valence-electron chi connectivity index (χ2n) is 14.7. The Hall–Kier alpha value is -4.10. The number of hydrogen-bond acceptors (Lipinski definition) is 4. The number of aromatic nitrogens is 6. The van der Waals surface area contributed by atoms with E-state index in [-0.39, 0.29) is 10.8 Å². The number of hydrogen-bond donors (Lipinski definition) is 0. The van der Waals surface area contributed by atoms with E-state index in [0.717, 1.165) is 57.2 Å². The van der Waals surface area contributed by atoms with Gasteiger partial charge in [0.1, 0.15) is 22.9 Å². The Balaban J connectivity index is 1.54. The molecule has 7 heteroatoms. The molecule has 6 aromatic heterocycles. The Morgan fingerprint density at radius 2 is 1.02 bits per heavy atom. The summed E-state index contributed by atoms with van der Waals surface area (Å²) in [6.45, 7) is 18.5. The fourth-order valence-electron chi connectivity index (χ4n) is 5.89. The largest absolute Gasteiger partial charge is 0.285 e. The Bertz CT molecular complexity index is 1790. The highest BCUT2D eigenvalue weighted by molar-refractivity contribution is 6.99. The standard InChI is InChI=1S/C36H42N6Si/c1-35(2,3)23-25-19-29(41-17-13-27-11-9-15-37-33(27)41)39-31(21-25)43(7,8)32-22-26(24-36(4,5)6)20-30(40-32)42-18-14-28-12-10-16-38-34(28)42/h9-22H,23-24H2,1-8H3. The third-order valence-electron chi connectivity index (χ3n) is 7.88. The van der Waals surface area contributed by atoms with Crippen LogP contribution in [0.5, 0.6) is 0 Å². The molecule has 0 amide bonds. The van der Waals surface area contributed by atoms with Crippen LogP contribution in [0.2, 0.25) is 13.1 Å². The maximum atomic E-state index is 5.38. The van der Waals surface area contributed by atoms with E-state index >= 15 is 0 Å². The predicted molar refractivity (Wildman–Crippen MR) is 181 cm³/mol. The first-order valence-electron chi connectivity index (χ1n) is 15.1. The van der Waals surface area contributed by atoms with Crippen LogP contribution < -0.4 is 10.6 Å². The first-order chi connectivity index (χ1) is 20.3. The molecule has 0 aliphatic carbocycles. The molecule has 0 saturated heterocycles. The Morgan fingerprint density at radius 1 is 0.605 bits per heavy atom. The molecule has 0 N–H and O–H groups in total. The van der Waals surface area contributed by atoms with Gasteiger partial charge in [0.15, 0.2) is 8.07 Å². The normalized spacial score (nSPS) is 12.8. The first kappa shape index (κ1) is 29.0. The minimum absolute atomic E-state index is 0.138. The van der Waals surface area contributed by atoms with E-state index in [9.17, 15) is 0 Å². The van der Waals surface area contributed by atoms with E-state index < -0.39 is 8.07 Å². The Kier molecular flexibility index (Phi) is 7.12. The minimum Gasteiger partial charge on any atom is -0.285 e. The van der Waals surface area contributed by atoms with Crippen LogP contribution in [0.25, 0.3) is 33.7 Å². The molecule has 6 nitrogen and oxygen atoms in total. The Morgan fingerprint density at radius 3 is 1.42 bits per heavy atom. The highest BCUT2D eigenvalue weighted by Gasteiger charge is 2.32. The predicted octanol–water partition coefficient (Wildman–Crippen LogP) is 7.15. The SMILES string of the molecule is CC(C)(C)Cc1cc(-n2ccc3cccnc32)nc([Si](C)(C)c2cc(CC(C)(C)C)cc(-n3ccc4cccnc43)n2)c1. The van der Waals surface area contributed by atoms with Crippen LogP contribution in [0.1, 0.15) is 52.7 Å². The van der Waals surface area contributed by atoms with Crippen molar-refractivity contribution in [1.82, 2.24) is 29.1 Å². The zero-order valence-electron chi connectivity index (χ0n) is 26.7. The number of nitrogens with zero attached hydrogens (tertiary/aromatic N) is 6. The van der Waals surface area contributed by atoms with Gasteiger partial charge in [-0.3, -0.25) is 9.13 Å². The number of pyridine rings is 4. The van der Waals surface area contributed by atoms with Crippen molar-refractivity contribution in [1.29, 1.82) is 0 Å². The van der Waals surface area contributed by atoms with Crippen molar-refractivity contribution in [3.63, 3.8) is 0 Å². The maximum absolute atomic E-state index is 5.38. The lowest BCUT2D eigenvalue weighted by Gasteiger charge is -2.27. The van der Waals surface area contributed by atoms with Gasteiger partial charge in [0, 0.05) is 46.2 Å². The average molecular weight is 587 g/mol. The summed E-state index contributed by atoms with van der Waals surface area (Å²) in [5.41, 5.74) is 4.70. The summed E-state index contributed by atoms with van der Waals surface area (Å²) in [4.78, 5) is 20.1. The zero-order valence-corrected chi connectivity index (χ0v) is 27.7. The molecule has 0 atom stereocenters. The van der Waals surface area contributed by atoms with E-state index in [4.69, 9.17) is 19.9 Å². The van der Waals surface area contributed by atoms with Gasteiger partial charge in [0.05, 0.1) is 0 Å². The topological polar surface area (TPSA) is 61.4 Å². The van der Waals surface area contributed by atoms with Gasteiger partial charge in [0.25, 0.3) is 0 Å². The van der Waals surface area contributed by atoms with Crippen LogP contribution in [0, 0.1) is 10.8 Å². The lowest BCUT2D eigenvalue weighted by Crippen LogP contribution is -2.56. The van der Waals surface area contributed by atoms with Crippen LogP contribution >= 0.6 is 0 Å². The lowest BCUT2D eigenvalue weighted by molar-refractivity contribution is 0.411. The molecule has 0 spiro atoms. The van der Waals surface area contributed by atoms with Crippen LogP contribution in [0.15, 0.2) is 85.5 Å². The van der Waals surface area contributed by atoms with Crippen LogP contribution in [-0.4, -0.2) is 37.1 Å². The summed E-state index contributed by atoms with van der Waals surface area (Å²) in [6.07, 6.45) is 9.78. The summed E-state index contributed by atoms with van der Waals surface area (Å²) in [6, 6.07) is 21.5. The third-order valence-corrected chi connectivity index (χ3v) is 11.0. The molecular weight excluding hydrogens is 545 g/mol. The molecule has 0 aliphatic rings. The van der Waals surface area contributed by atoms with Crippen molar-refractivity contribution in [3.05, 3.63) is 96.6 Å². The smallest absolute Gasteiger partial charge is 0.158 e. The second-order valence-corrected chi connectivity index (χ2v) is 19.0. The molecule has 0 radical (unpaired) electrons. The van der Waals surface area contributed by atoms with Gasteiger partial charge in [-0.2, -0.15) is 0 Å². The summed E-state index contributed by atoms with van der Waals surface area (Å²) in [5.74, 6) is 1.83. The van der Waals surface area contributed by atoms with E-state index in [1.807, 2.05) is 24.5 Å². The molecule has 0 saturated carbocycles. The van der Waals surface area contributed by atoms with Gasteiger partial charge in [-0.05, 0) is 95.5 Å². The second kappa shape index (κ2) is 10.6. The van der Waals surface area contributed by atoms with E-state index in [1.54, 1.807) is 0 Å². The lowest BCUT2D eigenvalue weighted by atomic mass is 9.88. The van der Waals surface area contributed by atoms with Crippen LogP contribution in [0.4, 0.5) is 0 Å². The Labute approximate surface area is 255 Å². The van der Waals surface area contributed by atoms with E-state index in [0.29, 0.717) is 0 Å². The minimum atomic E-state index is -2.38. The maximum Gasteiger partial charge on any atom is 0.158 e. The van der Waals surface area contributed by atoms with Gasteiger partial charge in [-0.1, -0.05) is 54.6 Å². The summed E-state index contributed by atoms with van der Waals surface area (Å²) in [7, 11) is -2.38. The van der Waals surface area contributed by atoms with Crippen molar-refractivity contribution >= 4 is 40.8 Å². The van der Waals surface area contributed by atoms with Gasteiger partial charge >= 0.3 is 0 Å². The van der Waals surface area contributed by atoms with Crippen LogP contribution in [0.3, 0.4) is 0 Å². The summed E-state index contributed by atoms with van der Waals surface area (Å²) >= 11 is 0. The molecule has 6 rings (SSSR count). The molecule has 0 aliphatic heterocycles. The van der Waals surface area contributed by atoms with Gasteiger partial charge in [-0.15, -0.1) is 0 Å². The monoisotopic (exact) mass is 586 g/mol. The van der Waals surface area contributed by atoms with Crippen molar-refractivity contribution in [2.24, 2.45) is 10.8 Å². The fraction of sp³-hybridized carbons (Fsp3) is 0.333. The van der Waals surface area contributed by atoms with Gasteiger partial charge in [0.2, 0.25) is 0 Å². The van der Waals surface area contributed by atoms with Crippen molar-refractivity contribution < 1.29 is 0 Å². The quantitative estimate of drug-likeness (QED) is 0.194. The van der Waals surface area contributed by atoms with Gasteiger partial charge < -0.3 is 0 Å². The first-order valence-corrected chi connectivity index (χ1v) is 18.1. The molecule has 0 fully saturated rings. The van der Waals surface area contributed by atoms with Crippen molar-refractivity contribution in [2.75, 3.05) is 0 Å². The number of rotatable bonds is 6. The molecule has 0 aromatic carbocycles. The molecule has 6 heterocycles. The van der Waals surface area contributed by atoms with E-state index in [2.05, 4.69) is 125 Å². The number of fused-ring (bicyclic) bond motifs is 2. The molecular formula is C36H42N6Si. The highest BCUT2D eigenvalue weighted by atomic mass is 28.3. The molecule has 0 unspecified atom stereocenters. The summed E-state index contributed by atoms with van der Waals surface area (Å²) in [5, 5.41) is 4.47. The third kappa shape index (κ3) is 6.04. The zero-order chi connectivity index (χ0) is 30.6. The molecule has 0 bridgehead atoms. The van der Waals surface area contributed by atoms with E-state index in [1.165, 1.54) is 11.1 Å². The molecule has 6 aromatic rings. The fourth-order valence-corrected chi connectivity index (χ4v) is 8.03. The van der Waals surface area contributed by atoms with Crippen molar-refractivity contribution in [2.45, 2.75) is 67.5 Å².